The summed E-state index contributed by atoms with van der Waals surface area (Å²) in [6.45, 7) is 0. The number of nitrogens with zero attached hydrogens (tertiary/aromatic N) is 1. The summed E-state index contributed by atoms with van der Waals surface area (Å²) >= 11 is 7.05. The smallest absolute Gasteiger partial charge is 0.0654 e. The molecule has 2 aromatic carbocycles. The molecular weight excluding hydrogens is 392 g/mol. The average Bonchev–Trinajstić information content (AvgIpc) is 2.99. The van der Waals surface area contributed by atoms with Crippen molar-refractivity contribution in [2.45, 2.75) is 0 Å². The van der Waals surface area contributed by atoms with Gasteiger partial charge in [0.1, 0.15) is 0 Å². The lowest BCUT2D eigenvalue weighted by Gasteiger charge is -2.01. The van der Waals surface area contributed by atoms with Crippen LogP contribution in [0.3, 0.4) is 0 Å². The lowest BCUT2D eigenvalue weighted by Crippen LogP contribution is -1.90. The monoisotopic (exact) mass is 402 g/mol. The predicted octanol–water partition coefficient (Wildman–Crippen LogP) is 5.85. The molecule has 4 aromatic rings. The van der Waals surface area contributed by atoms with Crippen LogP contribution in [0.5, 0.6) is 0 Å². The highest BCUT2D eigenvalue weighted by atomic mass is 79.9. The second-order valence-electron chi connectivity index (χ2n) is 5.21. The van der Waals surface area contributed by atoms with Crippen LogP contribution in [0.15, 0.2) is 57.5 Å². The minimum atomic E-state index is 1.09. The Balaban J connectivity index is 1.97. The molecule has 21 heavy (non-hydrogen) atoms. The Morgan fingerprint density at radius 1 is 0.857 bits per heavy atom. The number of H-pyrrole nitrogens is 1. The Morgan fingerprint density at radius 2 is 1.62 bits per heavy atom. The van der Waals surface area contributed by atoms with Crippen LogP contribution in [-0.2, 0) is 7.05 Å². The molecule has 2 aromatic heterocycles. The van der Waals surface area contributed by atoms with E-state index in [1.54, 1.807) is 0 Å². The van der Waals surface area contributed by atoms with Crippen molar-refractivity contribution in [2.24, 2.45) is 7.05 Å². The fraction of sp³-hybridized carbons (Fsp3) is 0.0588. The molecule has 0 aliphatic rings. The maximum Gasteiger partial charge on any atom is 0.0654 e. The fourth-order valence-corrected chi connectivity index (χ4v) is 3.56. The van der Waals surface area contributed by atoms with Gasteiger partial charge in [-0.15, -0.1) is 0 Å². The largest absolute Gasteiger partial charge is 0.353 e. The summed E-state index contributed by atoms with van der Waals surface area (Å²) in [5.74, 6) is 0. The number of nitrogens with one attached hydrogen (secondary N) is 1. The van der Waals surface area contributed by atoms with Crippen molar-refractivity contribution in [1.29, 1.82) is 0 Å². The van der Waals surface area contributed by atoms with E-state index in [0.717, 1.165) is 20.2 Å². The van der Waals surface area contributed by atoms with Gasteiger partial charge in [-0.2, -0.15) is 0 Å². The number of aromatic amines is 1. The average molecular weight is 404 g/mol. The van der Waals surface area contributed by atoms with Crippen LogP contribution in [0.4, 0.5) is 0 Å². The van der Waals surface area contributed by atoms with Crippen molar-refractivity contribution in [3.8, 4) is 11.4 Å². The van der Waals surface area contributed by atoms with Gasteiger partial charge in [-0.25, -0.2) is 0 Å². The third-order valence-corrected chi connectivity index (χ3v) is 4.85. The molecule has 0 saturated carbocycles. The van der Waals surface area contributed by atoms with Crippen LogP contribution in [0, 0.1) is 0 Å². The van der Waals surface area contributed by atoms with Crippen molar-refractivity contribution in [1.82, 2.24) is 9.55 Å². The second-order valence-corrected chi connectivity index (χ2v) is 7.04. The highest BCUT2D eigenvalue weighted by Gasteiger charge is 2.10. The summed E-state index contributed by atoms with van der Waals surface area (Å²) in [5.41, 5.74) is 4.70. The fourth-order valence-electron chi connectivity index (χ4n) is 2.82. The van der Waals surface area contributed by atoms with Crippen LogP contribution < -0.4 is 0 Å². The normalized spacial score (nSPS) is 11.6. The molecule has 1 N–H and O–H groups in total. The molecule has 0 unspecified atom stereocenters. The Bertz CT molecular complexity index is 979. The molecule has 0 amide bonds. The number of fused-ring (bicyclic) bond motifs is 2. The summed E-state index contributed by atoms with van der Waals surface area (Å²) in [5, 5.41) is 2.46. The number of hydrogen-bond donors (Lipinski definition) is 1. The van der Waals surface area contributed by atoms with Crippen LogP contribution in [-0.4, -0.2) is 9.55 Å². The molecule has 0 spiro atoms. The van der Waals surface area contributed by atoms with Gasteiger partial charge in [0, 0.05) is 37.8 Å². The number of hydrogen-bond acceptors (Lipinski definition) is 0. The van der Waals surface area contributed by atoms with E-state index in [9.17, 15) is 0 Å². The van der Waals surface area contributed by atoms with Crippen molar-refractivity contribution < 1.29 is 0 Å². The third kappa shape index (κ3) is 2.14. The minimum Gasteiger partial charge on any atom is -0.353 e. The van der Waals surface area contributed by atoms with E-state index in [1.807, 2.05) is 0 Å². The molecule has 4 rings (SSSR count). The number of benzene rings is 2. The zero-order chi connectivity index (χ0) is 14.6. The van der Waals surface area contributed by atoms with Crippen LogP contribution >= 0.6 is 31.9 Å². The predicted molar refractivity (Wildman–Crippen MR) is 95.6 cm³/mol. The molecule has 4 heteroatoms. The summed E-state index contributed by atoms with van der Waals surface area (Å²) in [4.78, 5) is 3.51. The third-order valence-electron chi connectivity index (χ3n) is 3.86. The van der Waals surface area contributed by atoms with E-state index in [1.165, 1.54) is 22.0 Å². The topological polar surface area (TPSA) is 20.7 Å². The molecule has 0 saturated heterocycles. The molecule has 0 radical (unpaired) electrons. The van der Waals surface area contributed by atoms with Crippen LogP contribution in [0.25, 0.3) is 33.2 Å². The SMILES string of the molecule is Cn1c(-c2cc3ccc(Br)cc3[nH]2)cc2cc(Br)ccc21. The zero-order valence-corrected chi connectivity index (χ0v) is 14.5. The van der Waals surface area contributed by atoms with Crippen LogP contribution in [0.2, 0.25) is 0 Å². The van der Waals surface area contributed by atoms with Gasteiger partial charge in [0.25, 0.3) is 0 Å². The number of halogens is 2. The van der Waals surface area contributed by atoms with Crippen molar-refractivity contribution in [2.75, 3.05) is 0 Å². The van der Waals surface area contributed by atoms with E-state index in [2.05, 4.69) is 97.0 Å². The molecule has 104 valence electrons. The second kappa shape index (κ2) is 4.75. The van der Waals surface area contributed by atoms with Gasteiger partial charge in [0.2, 0.25) is 0 Å². The van der Waals surface area contributed by atoms with E-state index in [4.69, 9.17) is 0 Å². The molecule has 2 heterocycles. The minimum absolute atomic E-state index is 1.09. The van der Waals surface area contributed by atoms with Gasteiger partial charge in [0.15, 0.2) is 0 Å². The van der Waals surface area contributed by atoms with E-state index >= 15 is 0 Å². The standard InChI is InChI=1S/C17H12Br2N2/c1-21-16-5-4-12(18)6-11(16)8-17(21)15-7-10-2-3-13(19)9-14(10)20-15/h2-9,20H,1H3. The molecule has 0 bridgehead atoms. The highest BCUT2D eigenvalue weighted by molar-refractivity contribution is 9.10. The number of aromatic nitrogens is 2. The zero-order valence-electron chi connectivity index (χ0n) is 11.3. The quantitative estimate of drug-likeness (QED) is 0.411. The highest BCUT2D eigenvalue weighted by Crippen LogP contribution is 2.31. The Hall–Kier alpha value is -1.52. The number of rotatable bonds is 1. The lowest BCUT2D eigenvalue weighted by molar-refractivity contribution is 0.973. The first kappa shape index (κ1) is 13.2. The first-order chi connectivity index (χ1) is 10.1. The lowest BCUT2D eigenvalue weighted by atomic mass is 10.2. The molecular formula is C17H12Br2N2. The molecule has 0 aliphatic carbocycles. The summed E-state index contributed by atoms with van der Waals surface area (Å²) < 4.78 is 4.42. The van der Waals surface area contributed by atoms with Crippen molar-refractivity contribution in [3.05, 3.63) is 57.5 Å². The molecule has 2 nitrogen and oxygen atoms in total. The Morgan fingerprint density at radius 3 is 2.48 bits per heavy atom. The van der Waals surface area contributed by atoms with Gasteiger partial charge in [-0.05, 0) is 42.5 Å². The van der Waals surface area contributed by atoms with E-state index < -0.39 is 0 Å². The molecule has 0 fully saturated rings. The summed E-state index contributed by atoms with van der Waals surface area (Å²) in [6.07, 6.45) is 0. The first-order valence-corrected chi connectivity index (χ1v) is 8.24. The van der Waals surface area contributed by atoms with Gasteiger partial charge < -0.3 is 9.55 Å². The van der Waals surface area contributed by atoms with E-state index in [-0.39, 0.29) is 0 Å². The number of aryl methyl sites for hydroxylation is 1. The van der Waals surface area contributed by atoms with Gasteiger partial charge >= 0.3 is 0 Å². The molecule has 0 aliphatic heterocycles. The van der Waals surface area contributed by atoms with E-state index in [0.29, 0.717) is 0 Å². The van der Waals surface area contributed by atoms with Crippen molar-refractivity contribution in [3.63, 3.8) is 0 Å². The first-order valence-electron chi connectivity index (χ1n) is 6.65. The molecule has 0 atom stereocenters. The Labute approximate surface area is 139 Å². The maximum atomic E-state index is 3.54. The summed E-state index contributed by atoms with van der Waals surface area (Å²) in [7, 11) is 2.10. The van der Waals surface area contributed by atoms with Crippen molar-refractivity contribution >= 4 is 53.7 Å². The maximum absolute atomic E-state index is 3.54. The Kier molecular flexibility index (Phi) is 2.98. The van der Waals surface area contributed by atoms with Crippen LogP contribution in [0.1, 0.15) is 0 Å². The van der Waals surface area contributed by atoms with Gasteiger partial charge in [-0.3, -0.25) is 0 Å². The summed E-state index contributed by atoms with van der Waals surface area (Å²) in [6, 6.07) is 17.1. The van der Waals surface area contributed by atoms with Gasteiger partial charge in [-0.1, -0.05) is 37.9 Å². The van der Waals surface area contributed by atoms with Gasteiger partial charge in [0.05, 0.1) is 11.4 Å².